The lowest BCUT2D eigenvalue weighted by Gasteiger charge is -2.34. The Labute approximate surface area is 123 Å². The summed E-state index contributed by atoms with van der Waals surface area (Å²) in [4.78, 5) is 1.14. The molecule has 2 N–H and O–H groups in total. The van der Waals surface area contributed by atoms with E-state index in [-0.39, 0.29) is 42.2 Å². The van der Waals surface area contributed by atoms with Crippen LogP contribution in [-0.2, 0) is 0 Å². The molecule has 0 unspecified atom stereocenters. The molecule has 0 spiro atoms. The Kier molecular flexibility index (Phi) is 4.36. The Morgan fingerprint density at radius 1 is 1.14 bits per heavy atom. The lowest BCUT2D eigenvalue weighted by molar-refractivity contribution is -0.179. The number of anilines is 1. The Morgan fingerprint density at radius 3 is 2.19 bits per heavy atom. The summed E-state index contributed by atoms with van der Waals surface area (Å²) < 4.78 is 65.5. The summed E-state index contributed by atoms with van der Waals surface area (Å²) >= 11 is 4.60. The van der Waals surface area contributed by atoms with E-state index < -0.39 is 23.7 Å². The molecule has 0 bridgehead atoms. The molecule has 8 heteroatoms. The van der Waals surface area contributed by atoms with Gasteiger partial charge in [-0.15, -0.1) is 0 Å². The first kappa shape index (κ1) is 15.9. The van der Waals surface area contributed by atoms with Crippen LogP contribution < -0.4 is 10.6 Å². The van der Waals surface area contributed by atoms with E-state index in [1.54, 1.807) is 0 Å². The number of nitrogens with two attached hydrogens (primary N) is 1. The van der Waals surface area contributed by atoms with E-state index in [0.29, 0.717) is 0 Å². The average Bonchev–Trinajstić information content (AvgIpc) is 2.40. The monoisotopic (exact) mass is 324 g/mol. The number of hydrogen-bond acceptors (Lipinski definition) is 2. The van der Waals surface area contributed by atoms with E-state index in [2.05, 4.69) is 12.2 Å². The molecule has 2 rings (SSSR count). The minimum absolute atomic E-state index is 0.0208. The molecular formula is C13H13F5N2S. The van der Waals surface area contributed by atoms with Gasteiger partial charge in [0.25, 0.3) is 0 Å². The van der Waals surface area contributed by atoms with E-state index in [4.69, 9.17) is 5.73 Å². The number of alkyl halides is 3. The molecule has 1 heterocycles. The fourth-order valence-electron chi connectivity index (χ4n) is 2.42. The molecule has 1 aliphatic rings. The SMILES string of the molecule is NC(=S)c1ccc(N2CCC(C(F)(F)F)CC2)c(F)c1F. The molecule has 0 radical (unpaired) electrons. The van der Waals surface area contributed by atoms with Gasteiger partial charge in [-0.3, -0.25) is 0 Å². The van der Waals surface area contributed by atoms with Crippen molar-refractivity contribution in [3.05, 3.63) is 29.3 Å². The number of thiocarbonyl (C=S) groups is 1. The first-order valence-corrected chi connectivity index (χ1v) is 6.72. The van der Waals surface area contributed by atoms with E-state index in [9.17, 15) is 22.0 Å². The van der Waals surface area contributed by atoms with Crippen molar-refractivity contribution >= 4 is 22.9 Å². The summed E-state index contributed by atoms with van der Waals surface area (Å²) in [6, 6.07) is 2.53. The number of nitrogens with zero attached hydrogens (tertiary/aromatic N) is 1. The van der Waals surface area contributed by atoms with Crippen LogP contribution in [-0.4, -0.2) is 24.3 Å². The van der Waals surface area contributed by atoms with Gasteiger partial charge in [-0.25, -0.2) is 8.78 Å². The molecule has 1 aromatic rings. The van der Waals surface area contributed by atoms with Gasteiger partial charge in [0.05, 0.1) is 11.6 Å². The number of halogens is 5. The van der Waals surface area contributed by atoms with Gasteiger partial charge in [0.2, 0.25) is 0 Å². The number of benzene rings is 1. The van der Waals surface area contributed by atoms with E-state index in [1.807, 2.05) is 0 Å². The molecule has 0 atom stereocenters. The summed E-state index contributed by atoms with van der Waals surface area (Å²) in [6.45, 7) is 0.0416. The summed E-state index contributed by atoms with van der Waals surface area (Å²) in [6.07, 6.45) is -4.52. The molecule has 1 saturated heterocycles. The summed E-state index contributed by atoms with van der Waals surface area (Å²) in [5, 5.41) is 0. The van der Waals surface area contributed by atoms with Gasteiger partial charge in [0.15, 0.2) is 11.6 Å². The summed E-state index contributed by atoms with van der Waals surface area (Å²) in [5.41, 5.74) is 4.99. The molecule has 116 valence electrons. The van der Waals surface area contributed by atoms with Gasteiger partial charge in [-0.2, -0.15) is 13.2 Å². The van der Waals surface area contributed by atoms with Gasteiger partial charge in [0, 0.05) is 18.7 Å². The van der Waals surface area contributed by atoms with Crippen molar-refractivity contribution in [2.24, 2.45) is 11.7 Å². The molecule has 0 amide bonds. The fraction of sp³-hybridized carbons (Fsp3) is 0.462. The molecule has 2 nitrogen and oxygen atoms in total. The first-order chi connectivity index (χ1) is 9.71. The van der Waals surface area contributed by atoms with Crippen LogP contribution in [0.3, 0.4) is 0 Å². The third-order valence-corrected chi connectivity index (χ3v) is 3.85. The van der Waals surface area contributed by atoms with Gasteiger partial charge in [0.1, 0.15) is 4.99 Å². The van der Waals surface area contributed by atoms with Crippen molar-refractivity contribution < 1.29 is 22.0 Å². The second-order valence-corrected chi connectivity index (χ2v) is 5.37. The van der Waals surface area contributed by atoms with Crippen molar-refractivity contribution in [3.8, 4) is 0 Å². The van der Waals surface area contributed by atoms with Crippen molar-refractivity contribution in [1.29, 1.82) is 0 Å². The average molecular weight is 324 g/mol. The molecular weight excluding hydrogens is 311 g/mol. The minimum atomic E-state index is -4.24. The predicted molar refractivity (Wildman–Crippen MR) is 73.2 cm³/mol. The highest BCUT2D eigenvalue weighted by molar-refractivity contribution is 7.80. The van der Waals surface area contributed by atoms with Crippen molar-refractivity contribution in [1.82, 2.24) is 0 Å². The van der Waals surface area contributed by atoms with Gasteiger partial charge in [-0.05, 0) is 25.0 Å². The number of hydrogen-bond donors (Lipinski definition) is 1. The minimum Gasteiger partial charge on any atom is -0.389 e. The second-order valence-electron chi connectivity index (χ2n) is 4.93. The predicted octanol–water partition coefficient (Wildman–Crippen LogP) is 3.38. The van der Waals surface area contributed by atoms with Crippen LogP contribution in [0.25, 0.3) is 0 Å². The van der Waals surface area contributed by atoms with Crippen molar-refractivity contribution in [2.45, 2.75) is 19.0 Å². The zero-order valence-corrected chi connectivity index (χ0v) is 11.7. The summed E-state index contributed by atoms with van der Waals surface area (Å²) in [7, 11) is 0. The quantitative estimate of drug-likeness (QED) is 0.668. The van der Waals surface area contributed by atoms with Crippen molar-refractivity contribution in [2.75, 3.05) is 18.0 Å². The largest absolute Gasteiger partial charge is 0.391 e. The molecule has 0 aliphatic carbocycles. The third kappa shape index (κ3) is 3.25. The zero-order chi connectivity index (χ0) is 15.8. The van der Waals surface area contributed by atoms with Crippen LogP contribution in [0, 0.1) is 17.6 Å². The van der Waals surface area contributed by atoms with Gasteiger partial charge >= 0.3 is 6.18 Å². The molecule has 1 fully saturated rings. The highest BCUT2D eigenvalue weighted by Gasteiger charge is 2.41. The van der Waals surface area contributed by atoms with Crippen molar-refractivity contribution in [3.63, 3.8) is 0 Å². The number of piperidine rings is 1. The molecule has 0 aromatic heterocycles. The third-order valence-electron chi connectivity index (χ3n) is 3.63. The van der Waals surface area contributed by atoms with Gasteiger partial charge < -0.3 is 10.6 Å². The maximum atomic E-state index is 14.0. The van der Waals surface area contributed by atoms with Gasteiger partial charge in [-0.1, -0.05) is 12.2 Å². The first-order valence-electron chi connectivity index (χ1n) is 6.31. The smallest absolute Gasteiger partial charge is 0.389 e. The Bertz CT molecular complexity index is 550. The Balaban J connectivity index is 2.18. The highest BCUT2D eigenvalue weighted by atomic mass is 32.1. The Hall–Kier alpha value is -1.44. The molecule has 21 heavy (non-hydrogen) atoms. The van der Waals surface area contributed by atoms with E-state index in [0.717, 1.165) is 0 Å². The van der Waals surface area contributed by atoms with Crippen LogP contribution in [0.4, 0.5) is 27.6 Å². The van der Waals surface area contributed by atoms with Crippen LogP contribution in [0.1, 0.15) is 18.4 Å². The molecule has 1 aliphatic heterocycles. The Morgan fingerprint density at radius 2 is 1.71 bits per heavy atom. The van der Waals surface area contributed by atoms with Crippen LogP contribution in [0.15, 0.2) is 12.1 Å². The lowest BCUT2D eigenvalue weighted by atomic mass is 9.96. The maximum absolute atomic E-state index is 14.0. The highest BCUT2D eigenvalue weighted by Crippen LogP contribution is 2.36. The number of rotatable bonds is 2. The van der Waals surface area contributed by atoms with Crippen LogP contribution in [0.2, 0.25) is 0 Å². The lowest BCUT2D eigenvalue weighted by Crippen LogP contribution is -2.39. The zero-order valence-electron chi connectivity index (χ0n) is 10.9. The van der Waals surface area contributed by atoms with Crippen LogP contribution in [0.5, 0.6) is 0 Å². The molecule has 0 saturated carbocycles. The second kappa shape index (κ2) is 5.75. The standard InChI is InChI=1S/C13H13F5N2S/c14-10-8(12(19)21)1-2-9(11(10)15)20-5-3-7(4-6-20)13(16,17)18/h1-2,7H,3-6H2,(H2,19,21). The van der Waals surface area contributed by atoms with E-state index >= 15 is 0 Å². The van der Waals surface area contributed by atoms with Crippen LogP contribution >= 0.6 is 12.2 Å². The maximum Gasteiger partial charge on any atom is 0.391 e. The summed E-state index contributed by atoms with van der Waals surface area (Å²) in [5.74, 6) is -3.69. The normalized spacial score (nSPS) is 17.1. The van der Waals surface area contributed by atoms with E-state index in [1.165, 1.54) is 17.0 Å². The fourth-order valence-corrected chi connectivity index (χ4v) is 2.58. The topological polar surface area (TPSA) is 29.3 Å². The molecule has 1 aromatic carbocycles.